The van der Waals surface area contributed by atoms with Crippen molar-refractivity contribution < 1.29 is 48.5 Å². The number of unbranched alkanes of at least 4 members (excludes halogenated alkanes) is 4. The first-order valence-corrected chi connectivity index (χ1v) is 12.0. The highest BCUT2D eigenvalue weighted by molar-refractivity contribution is 5.85. The fraction of sp³-hybridized carbons (Fsp3) is 0.739. The van der Waals surface area contributed by atoms with Gasteiger partial charge in [-0.2, -0.15) is 0 Å². The van der Waals surface area contributed by atoms with E-state index < -0.39 is 36.0 Å². The average Bonchev–Trinajstić information content (AvgIpc) is 2.78. The summed E-state index contributed by atoms with van der Waals surface area (Å²) in [6.07, 6.45) is 3.05. The van der Waals surface area contributed by atoms with Crippen LogP contribution in [0.25, 0.3) is 0 Å². The lowest BCUT2D eigenvalue weighted by Crippen LogP contribution is -2.42. The third kappa shape index (κ3) is 17.0. The molecule has 0 rings (SSSR count). The van der Waals surface area contributed by atoms with Crippen molar-refractivity contribution >= 4 is 35.7 Å². The van der Waals surface area contributed by atoms with Gasteiger partial charge in [-0.15, -0.1) is 0 Å². The van der Waals surface area contributed by atoms with E-state index >= 15 is 0 Å². The maximum Gasteiger partial charge on any atom is 0.328 e. The lowest BCUT2D eigenvalue weighted by atomic mass is 10.1. The second-order valence-corrected chi connectivity index (χ2v) is 7.88. The van der Waals surface area contributed by atoms with E-state index in [1.54, 1.807) is 13.8 Å². The number of hydrogen-bond acceptors (Lipinski definition) is 8. The Bertz CT molecular complexity index is 652. The molecule has 0 aliphatic carbocycles. The number of carboxylic acids is 2. The molecule has 0 heterocycles. The number of carboxylic acid groups (broad SMARTS) is 2. The van der Waals surface area contributed by atoms with Gasteiger partial charge in [0.25, 0.3) is 0 Å². The van der Waals surface area contributed by atoms with Gasteiger partial charge in [0.2, 0.25) is 11.8 Å². The van der Waals surface area contributed by atoms with Crippen LogP contribution in [0.2, 0.25) is 0 Å². The summed E-state index contributed by atoms with van der Waals surface area (Å²) in [7, 11) is 0. The van der Waals surface area contributed by atoms with Crippen LogP contribution in [0, 0.1) is 0 Å². The first-order chi connectivity index (χ1) is 16.6. The summed E-state index contributed by atoms with van der Waals surface area (Å²) in [6.45, 7) is 3.50. The Balaban J connectivity index is 4.20. The number of nitrogens with one attached hydrogen (secondary N) is 2. The number of hydrogen-bond donors (Lipinski definition) is 4. The van der Waals surface area contributed by atoms with Crippen molar-refractivity contribution in [2.45, 2.75) is 96.6 Å². The number of amides is 2. The third-order valence-electron chi connectivity index (χ3n) is 4.91. The Labute approximate surface area is 205 Å². The monoisotopic (exact) mass is 502 g/mol. The number of carbonyl (C=O) groups excluding carboxylic acids is 4. The zero-order chi connectivity index (χ0) is 26.6. The Morgan fingerprint density at radius 2 is 0.943 bits per heavy atom. The third-order valence-corrected chi connectivity index (χ3v) is 4.91. The van der Waals surface area contributed by atoms with Gasteiger partial charge in [-0.1, -0.05) is 19.3 Å². The summed E-state index contributed by atoms with van der Waals surface area (Å²) >= 11 is 0. The van der Waals surface area contributed by atoms with E-state index in [2.05, 4.69) is 10.6 Å². The van der Waals surface area contributed by atoms with Crippen LogP contribution in [0.1, 0.15) is 84.5 Å². The van der Waals surface area contributed by atoms with Crippen molar-refractivity contribution in [3.63, 3.8) is 0 Å². The molecule has 0 aromatic carbocycles. The molecule has 200 valence electrons. The van der Waals surface area contributed by atoms with Crippen LogP contribution in [-0.4, -0.2) is 71.2 Å². The summed E-state index contributed by atoms with van der Waals surface area (Å²) in [5, 5.41) is 22.6. The molecule has 12 heteroatoms. The minimum atomic E-state index is -1.07. The molecule has 4 N–H and O–H groups in total. The van der Waals surface area contributed by atoms with E-state index in [1.807, 2.05) is 0 Å². The highest BCUT2D eigenvalue weighted by Crippen LogP contribution is 2.09. The summed E-state index contributed by atoms with van der Waals surface area (Å²) in [5.74, 6) is -4.18. The highest BCUT2D eigenvalue weighted by atomic mass is 16.5. The van der Waals surface area contributed by atoms with Crippen molar-refractivity contribution in [3.05, 3.63) is 0 Å². The van der Waals surface area contributed by atoms with Crippen LogP contribution >= 0.6 is 0 Å². The Kier molecular flexibility index (Phi) is 17.4. The summed E-state index contributed by atoms with van der Waals surface area (Å²) in [5.41, 5.74) is 0. The number of carbonyl (C=O) groups is 6. The van der Waals surface area contributed by atoms with E-state index in [-0.39, 0.29) is 63.6 Å². The van der Waals surface area contributed by atoms with Crippen molar-refractivity contribution in [3.8, 4) is 0 Å². The Hall–Kier alpha value is -3.18. The van der Waals surface area contributed by atoms with Crippen molar-refractivity contribution in [1.82, 2.24) is 10.6 Å². The highest BCUT2D eigenvalue weighted by Gasteiger charge is 2.23. The van der Waals surface area contributed by atoms with Gasteiger partial charge in [-0.05, 0) is 39.5 Å². The Morgan fingerprint density at radius 3 is 1.26 bits per heavy atom. The molecule has 0 radical (unpaired) electrons. The average molecular weight is 503 g/mol. The van der Waals surface area contributed by atoms with Gasteiger partial charge in [0.05, 0.1) is 13.2 Å². The second kappa shape index (κ2) is 19.2. The number of aliphatic carboxylic acids is 2. The standard InChI is InChI=1S/C23H38N2O10/c1-3-34-22(32)16(12-14-20(28)29)24-18(26)10-8-6-5-7-9-11-19(27)25-17(13-15-21(30)31)23(33)35-4-2/h16-17H,3-15H2,1-2H3,(H,24,26)(H,25,27)(H,28,29)(H,30,31)/t16-,17-/m0/s1. The fourth-order valence-electron chi connectivity index (χ4n) is 3.15. The number of esters is 2. The van der Waals surface area contributed by atoms with E-state index in [0.717, 1.165) is 19.3 Å². The first-order valence-electron chi connectivity index (χ1n) is 12.0. The van der Waals surface area contributed by atoms with Crippen LogP contribution in [0.15, 0.2) is 0 Å². The van der Waals surface area contributed by atoms with Gasteiger partial charge >= 0.3 is 23.9 Å². The summed E-state index contributed by atoms with van der Waals surface area (Å²) < 4.78 is 9.74. The molecule has 0 aromatic heterocycles. The van der Waals surface area contributed by atoms with E-state index in [4.69, 9.17) is 19.7 Å². The first kappa shape index (κ1) is 31.8. The predicted octanol–water partition coefficient (Wildman–Crippen LogP) is 1.54. The van der Waals surface area contributed by atoms with Gasteiger partial charge in [-0.3, -0.25) is 19.2 Å². The molecule has 0 saturated heterocycles. The maximum absolute atomic E-state index is 12.1. The molecule has 0 aliphatic heterocycles. The number of ether oxygens (including phenoxy) is 2. The van der Waals surface area contributed by atoms with Crippen molar-refractivity contribution in [2.75, 3.05) is 13.2 Å². The van der Waals surface area contributed by atoms with Gasteiger partial charge in [0.1, 0.15) is 12.1 Å². The lowest BCUT2D eigenvalue weighted by Gasteiger charge is -2.16. The van der Waals surface area contributed by atoms with Crippen LogP contribution in [0.4, 0.5) is 0 Å². The van der Waals surface area contributed by atoms with Crippen molar-refractivity contribution in [1.29, 1.82) is 0 Å². The maximum atomic E-state index is 12.1. The van der Waals surface area contributed by atoms with Crippen molar-refractivity contribution in [2.24, 2.45) is 0 Å². The largest absolute Gasteiger partial charge is 0.481 e. The van der Waals surface area contributed by atoms with Gasteiger partial charge in [-0.25, -0.2) is 9.59 Å². The molecule has 0 unspecified atom stereocenters. The van der Waals surface area contributed by atoms with Gasteiger partial charge in [0.15, 0.2) is 0 Å². The Morgan fingerprint density at radius 1 is 0.600 bits per heavy atom. The number of rotatable bonds is 20. The van der Waals surface area contributed by atoms with E-state index in [0.29, 0.717) is 12.8 Å². The normalized spacial score (nSPS) is 12.2. The van der Waals surface area contributed by atoms with Gasteiger partial charge in [0, 0.05) is 25.7 Å². The molecule has 0 aliphatic rings. The molecule has 35 heavy (non-hydrogen) atoms. The summed E-state index contributed by atoms with van der Waals surface area (Å²) in [6, 6.07) is -1.99. The molecule has 0 saturated carbocycles. The molecular formula is C23H38N2O10. The predicted molar refractivity (Wildman–Crippen MR) is 123 cm³/mol. The molecule has 2 atom stereocenters. The topological polar surface area (TPSA) is 185 Å². The minimum absolute atomic E-state index is 0.0463. The fourth-order valence-corrected chi connectivity index (χ4v) is 3.15. The molecule has 0 fully saturated rings. The lowest BCUT2D eigenvalue weighted by molar-refractivity contribution is -0.149. The van der Waals surface area contributed by atoms with Crippen LogP contribution in [-0.2, 0) is 38.2 Å². The van der Waals surface area contributed by atoms with Gasteiger partial charge < -0.3 is 30.3 Å². The SMILES string of the molecule is CCOC(=O)[C@H](CCC(=O)O)NC(=O)CCCCCCCC(=O)N[C@@H](CCC(=O)O)C(=O)OCC. The summed E-state index contributed by atoms with van der Waals surface area (Å²) in [4.78, 5) is 69.4. The smallest absolute Gasteiger partial charge is 0.328 e. The van der Waals surface area contributed by atoms with Crippen LogP contribution < -0.4 is 10.6 Å². The molecule has 12 nitrogen and oxygen atoms in total. The zero-order valence-corrected chi connectivity index (χ0v) is 20.5. The molecule has 2 amide bonds. The molecule has 0 bridgehead atoms. The van der Waals surface area contributed by atoms with E-state index in [9.17, 15) is 28.8 Å². The molecular weight excluding hydrogens is 464 g/mol. The van der Waals surface area contributed by atoms with E-state index in [1.165, 1.54) is 0 Å². The van der Waals surface area contributed by atoms with Crippen LogP contribution in [0.3, 0.4) is 0 Å². The minimum Gasteiger partial charge on any atom is -0.481 e. The quantitative estimate of drug-likeness (QED) is 0.141. The van der Waals surface area contributed by atoms with Crippen LogP contribution in [0.5, 0.6) is 0 Å². The second-order valence-electron chi connectivity index (χ2n) is 7.88. The zero-order valence-electron chi connectivity index (χ0n) is 20.5. The molecule has 0 aromatic rings. The molecule has 0 spiro atoms.